The van der Waals surface area contributed by atoms with Crippen molar-refractivity contribution in [1.82, 2.24) is 4.90 Å². The molecule has 2 N–H and O–H groups in total. The van der Waals surface area contributed by atoms with Crippen LogP contribution < -0.4 is 5.73 Å². The molecule has 1 amide bonds. The van der Waals surface area contributed by atoms with Crippen molar-refractivity contribution in [2.45, 2.75) is 51.0 Å². The molecule has 108 valence electrons. The lowest BCUT2D eigenvalue weighted by molar-refractivity contribution is 0.0998. The number of fused-ring (bicyclic) bond motifs is 1. The number of carbonyl (C=O) groups is 1. The van der Waals surface area contributed by atoms with E-state index in [1.54, 1.807) is 0 Å². The van der Waals surface area contributed by atoms with Crippen LogP contribution >= 0.6 is 0 Å². The predicted octanol–water partition coefficient (Wildman–Crippen LogP) is 2.52. The molecule has 1 aromatic rings. The van der Waals surface area contributed by atoms with Crippen molar-refractivity contribution >= 4 is 5.91 Å². The Labute approximate surface area is 121 Å². The van der Waals surface area contributed by atoms with Gasteiger partial charge in [0.1, 0.15) is 0 Å². The molecule has 1 atom stereocenters. The van der Waals surface area contributed by atoms with Gasteiger partial charge in [-0.2, -0.15) is 0 Å². The van der Waals surface area contributed by atoms with Crippen molar-refractivity contribution < 1.29 is 4.79 Å². The van der Waals surface area contributed by atoms with Crippen molar-refractivity contribution in [3.05, 3.63) is 34.9 Å². The fourth-order valence-corrected chi connectivity index (χ4v) is 3.77. The number of likely N-dealkylation sites (tertiary alicyclic amines) is 1. The minimum atomic E-state index is -0.279. The van der Waals surface area contributed by atoms with Gasteiger partial charge in [0.2, 0.25) is 5.91 Å². The standard InChI is InChI=1S/C17H24N2O/c18-17(20)15-7-5-6-13-8-9-14(12-16(13)15)19-10-3-1-2-4-11-19/h5-7,14H,1-4,8-12H2,(H2,18,20). The van der Waals surface area contributed by atoms with E-state index < -0.39 is 0 Å². The number of hydrogen-bond donors (Lipinski definition) is 1. The van der Waals surface area contributed by atoms with E-state index >= 15 is 0 Å². The normalized spacial score (nSPS) is 23.9. The fourth-order valence-electron chi connectivity index (χ4n) is 3.77. The van der Waals surface area contributed by atoms with E-state index in [1.807, 2.05) is 12.1 Å². The summed E-state index contributed by atoms with van der Waals surface area (Å²) in [6.45, 7) is 2.44. The van der Waals surface area contributed by atoms with E-state index in [-0.39, 0.29) is 5.91 Å². The van der Waals surface area contributed by atoms with Crippen molar-refractivity contribution in [1.29, 1.82) is 0 Å². The molecule has 20 heavy (non-hydrogen) atoms. The number of nitrogens with two attached hydrogens (primary N) is 1. The molecule has 1 aliphatic carbocycles. The minimum Gasteiger partial charge on any atom is -0.366 e. The Morgan fingerprint density at radius 1 is 1.15 bits per heavy atom. The second-order valence-corrected chi connectivity index (χ2v) is 6.15. The van der Waals surface area contributed by atoms with Gasteiger partial charge < -0.3 is 10.6 Å². The molecule has 1 saturated heterocycles. The lowest BCUT2D eigenvalue weighted by Crippen LogP contribution is -2.40. The van der Waals surface area contributed by atoms with Crippen LogP contribution in [0.1, 0.15) is 53.6 Å². The molecule has 0 aromatic heterocycles. The second-order valence-electron chi connectivity index (χ2n) is 6.15. The zero-order chi connectivity index (χ0) is 13.9. The van der Waals surface area contributed by atoms with Gasteiger partial charge in [-0.3, -0.25) is 4.79 Å². The molecule has 3 nitrogen and oxygen atoms in total. The highest BCUT2D eigenvalue weighted by Crippen LogP contribution is 2.28. The summed E-state index contributed by atoms with van der Waals surface area (Å²) < 4.78 is 0. The Hall–Kier alpha value is -1.35. The van der Waals surface area contributed by atoms with Crippen LogP contribution in [0.15, 0.2) is 18.2 Å². The SMILES string of the molecule is NC(=O)c1cccc2c1CC(N1CCCCCC1)CC2. The minimum absolute atomic E-state index is 0.279. The molecule has 2 aliphatic rings. The van der Waals surface area contributed by atoms with E-state index in [4.69, 9.17) is 5.73 Å². The molecule has 3 rings (SSSR count). The van der Waals surface area contributed by atoms with Gasteiger partial charge in [-0.15, -0.1) is 0 Å². The van der Waals surface area contributed by atoms with E-state index in [0.29, 0.717) is 6.04 Å². The number of amides is 1. The van der Waals surface area contributed by atoms with E-state index in [0.717, 1.165) is 18.4 Å². The number of aryl methyl sites for hydroxylation is 1. The lowest BCUT2D eigenvalue weighted by Gasteiger charge is -2.35. The third kappa shape index (κ3) is 2.73. The quantitative estimate of drug-likeness (QED) is 0.899. The van der Waals surface area contributed by atoms with E-state index in [2.05, 4.69) is 11.0 Å². The molecule has 0 saturated carbocycles. The molecule has 1 fully saturated rings. The van der Waals surface area contributed by atoms with Gasteiger partial charge in [0.25, 0.3) is 0 Å². The molecular formula is C17H24N2O. The van der Waals surface area contributed by atoms with Crippen LogP contribution in [0.5, 0.6) is 0 Å². The van der Waals surface area contributed by atoms with E-state index in [1.165, 1.54) is 56.3 Å². The molecular weight excluding hydrogens is 248 g/mol. The first kappa shape index (κ1) is 13.6. The highest BCUT2D eigenvalue weighted by molar-refractivity contribution is 5.94. The Morgan fingerprint density at radius 2 is 1.90 bits per heavy atom. The van der Waals surface area contributed by atoms with Crippen LogP contribution in [-0.4, -0.2) is 29.9 Å². The summed E-state index contributed by atoms with van der Waals surface area (Å²) in [4.78, 5) is 14.3. The van der Waals surface area contributed by atoms with Gasteiger partial charge in [-0.1, -0.05) is 25.0 Å². The first-order chi connectivity index (χ1) is 9.75. The fraction of sp³-hybridized carbons (Fsp3) is 0.588. The largest absolute Gasteiger partial charge is 0.366 e. The number of rotatable bonds is 2. The number of hydrogen-bond acceptors (Lipinski definition) is 2. The number of nitrogens with zero attached hydrogens (tertiary/aromatic N) is 1. The van der Waals surface area contributed by atoms with Gasteiger partial charge >= 0.3 is 0 Å². The summed E-state index contributed by atoms with van der Waals surface area (Å²) in [5.74, 6) is -0.279. The molecule has 1 aromatic carbocycles. The van der Waals surface area contributed by atoms with Gasteiger partial charge in [0, 0.05) is 11.6 Å². The smallest absolute Gasteiger partial charge is 0.248 e. The van der Waals surface area contributed by atoms with Crippen molar-refractivity contribution in [2.75, 3.05) is 13.1 Å². The van der Waals surface area contributed by atoms with Crippen LogP contribution in [0.4, 0.5) is 0 Å². The molecule has 1 heterocycles. The highest BCUT2D eigenvalue weighted by Gasteiger charge is 2.27. The molecule has 0 spiro atoms. The summed E-state index contributed by atoms with van der Waals surface area (Å²) in [6, 6.07) is 6.60. The molecule has 0 bridgehead atoms. The maximum absolute atomic E-state index is 11.6. The molecule has 3 heteroatoms. The zero-order valence-corrected chi connectivity index (χ0v) is 12.1. The van der Waals surface area contributed by atoms with Crippen molar-refractivity contribution in [3.8, 4) is 0 Å². The summed E-state index contributed by atoms with van der Waals surface area (Å²) in [6.07, 6.45) is 8.67. The third-order valence-electron chi connectivity index (χ3n) is 4.88. The Bertz CT molecular complexity index is 490. The van der Waals surface area contributed by atoms with E-state index in [9.17, 15) is 4.79 Å². The lowest BCUT2D eigenvalue weighted by atomic mass is 9.84. The number of carbonyl (C=O) groups excluding carboxylic acids is 1. The summed E-state index contributed by atoms with van der Waals surface area (Å²) in [7, 11) is 0. The maximum Gasteiger partial charge on any atom is 0.248 e. The summed E-state index contributed by atoms with van der Waals surface area (Å²) >= 11 is 0. The maximum atomic E-state index is 11.6. The topological polar surface area (TPSA) is 46.3 Å². The number of benzene rings is 1. The molecule has 0 radical (unpaired) electrons. The zero-order valence-electron chi connectivity index (χ0n) is 12.1. The van der Waals surface area contributed by atoms with Gasteiger partial charge in [-0.25, -0.2) is 0 Å². The molecule has 1 aliphatic heterocycles. The van der Waals surface area contributed by atoms with Crippen molar-refractivity contribution in [3.63, 3.8) is 0 Å². The Kier molecular flexibility index (Phi) is 4.06. The first-order valence-corrected chi connectivity index (χ1v) is 7.90. The Balaban J connectivity index is 1.81. The average molecular weight is 272 g/mol. The predicted molar refractivity (Wildman–Crippen MR) is 80.8 cm³/mol. The summed E-state index contributed by atoms with van der Waals surface area (Å²) in [5, 5.41) is 0. The van der Waals surface area contributed by atoms with Crippen LogP contribution in [0.25, 0.3) is 0 Å². The Morgan fingerprint density at radius 3 is 2.60 bits per heavy atom. The number of primary amides is 1. The average Bonchev–Trinajstić information content (AvgIpc) is 2.75. The monoisotopic (exact) mass is 272 g/mol. The molecule has 1 unspecified atom stereocenters. The van der Waals surface area contributed by atoms with Gasteiger partial charge in [0.15, 0.2) is 0 Å². The van der Waals surface area contributed by atoms with Gasteiger partial charge in [0.05, 0.1) is 0 Å². The van der Waals surface area contributed by atoms with Crippen molar-refractivity contribution in [2.24, 2.45) is 5.73 Å². The van der Waals surface area contributed by atoms with Crippen LogP contribution in [0.3, 0.4) is 0 Å². The second kappa shape index (κ2) is 5.96. The van der Waals surface area contributed by atoms with Crippen LogP contribution in [0, 0.1) is 0 Å². The summed E-state index contributed by atoms with van der Waals surface area (Å²) in [5.41, 5.74) is 8.81. The third-order valence-corrected chi connectivity index (χ3v) is 4.88. The van der Waals surface area contributed by atoms with Crippen LogP contribution in [0.2, 0.25) is 0 Å². The highest BCUT2D eigenvalue weighted by atomic mass is 16.1. The first-order valence-electron chi connectivity index (χ1n) is 7.90. The van der Waals surface area contributed by atoms with Gasteiger partial charge in [-0.05, 0) is 62.4 Å². The van der Waals surface area contributed by atoms with Crippen LogP contribution in [-0.2, 0) is 12.8 Å².